The predicted octanol–water partition coefficient (Wildman–Crippen LogP) is -0.188. The van der Waals surface area contributed by atoms with Crippen LogP contribution in [0.15, 0.2) is 12.3 Å². The highest BCUT2D eigenvalue weighted by Crippen LogP contribution is 1.94. The molecule has 34 valence electrons. The molecule has 0 saturated carbocycles. The minimum atomic E-state index is -1.71. The molecule has 0 aromatic heterocycles. The van der Waals surface area contributed by atoms with E-state index >= 15 is 0 Å². The molecule has 1 unspecified atom stereocenters. The van der Waals surface area contributed by atoms with Gasteiger partial charge in [0.2, 0.25) is 0 Å². The summed E-state index contributed by atoms with van der Waals surface area (Å²) in [6, 6.07) is 0. The molecule has 0 aliphatic carbocycles. The molecule has 0 spiro atoms. The van der Waals surface area contributed by atoms with Crippen LogP contribution >= 0.6 is 0 Å². The van der Waals surface area contributed by atoms with Crippen molar-refractivity contribution in [3.63, 3.8) is 0 Å². The van der Waals surface area contributed by atoms with Crippen molar-refractivity contribution in [2.45, 2.75) is 12.6 Å². The van der Waals surface area contributed by atoms with Gasteiger partial charge in [-0.3, -0.25) is 0 Å². The van der Waals surface area contributed by atoms with Gasteiger partial charge in [0.15, 0.2) is 1.41 Å². The van der Waals surface area contributed by atoms with E-state index in [-0.39, 0.29) is 6.42 Å². The normalized spacial score (nSPS) is 49.2. The molecule has 0 aromatic rings. The average molecular weight is 87.1 g/mol. The van der Waals surface area contributed by atoms with Gasteiger partial charge in [0.1, 0.15) is 6.20 Å². The summed E-state index contributed by atoms with van der Waals surface area (Å²) >= 11 is 0. The van der Waals surface area contributed by atoms with Crippen LogP contribution < -0.4 is 5.31 Å². The van der Waals surface area contributed by atoms with E-state index in [1.54, 1.807) is 6.08 Å². The lowest BCUT2D eigenvalue weighted by molar-refractivity contribution is 0.166. The lowest BCUT2D eigenvalue weighted by Gasteiger charge is -1.96. The first-order chi connectivity index (χ1) is 3.63. The van der Waals surface area contributed by atoms with Crippen molar-refractivity contribution in [2.24, 2.45) is 0 Å². The van der Waals surface area contributed by atoms with Crippen LogP contribution in [-0.2, 0) is 0 Å². The molecule has 0 radical (unpaired) electrons. The van der Waals surface area contributed by atoms with E-state index < -0.39 is 6.20 Å². The molecular weight excluding hydrogens is 78.0 g/mol. The van der Waals surface area contributed by atoms with Crippen molar-refractivity contribution in [3.8, 4) is 0 Å². The van der Waals surface area contributed by atoms with Gasteiger partial charge in [-0.05, 0) is 6.20 Å². The quantitative estimate of drug-likeness (QED) is 0.429. The van der Waals surface area contributed by atoms with Crippen LogP contribution in [0.5, 0.6) is 0 Å². The maximum atomic E-state index is 8.81. The Balaban J connectivity index is 2.64. The zero-order chi connectivity index (χ0) is 6.20. The van der Waals surface area contributed by atoms with E-state index in [1.807, 2.05) is 0 Å². The van der Waals surface area contributed by atoms with Gasteiger partial charge >= 0.3 is 0 Å². The Kier molecular flexibility index (Phi) is 0.431. The summed E-state index contributed by atoms with van der Waals surface area (Å²) in [5.74, 6) is 0. The summed E-state index contributed by atoms with van der Waals surface area (Å²) in [6.45, 7) is 0. The van der Waals surface area contributed by atoms with Crippen LogP contribution in [0.1, 0.15) is 7.79 Å². The summed E-state index contributed by atoms with van der Waals surface area (Å²) in [5, 5.41) is 9.52. The maximum absolute atomic E-state index is 8.81. The van der Waals surface area contributed by atoms with E-state index in [0.717, 1.165) is 0 Å². The Morgan fingerprint density at radius 1 is 2.33 bits per heavy atom. The molecule has 1 heterocycles. The van der Waals surface area contributed by atoms with Gasteiger partial charge in [-0.1, -0.05) is 6.08 Å². The second kappa shape index (κ2) is 1.30. The van der Waals surface area contributed by atoms with Gasteiger partial charge in [-0.15, -0.1) is 0 Å². The van der Waals surface area contributed by atoms with Gasteiger partial charge in [0, 0.05) is 6.42 Å². The number of hydrogen-bond donors (Lipinski definition) is 2. The average Bonchev–Trinajstić information content (AvgIpc) is 1.86. The van der Waals surface area contributed by atoms with Gasteiger partial charge in [0.05, 0.1) is 1.37 Å². The van der Waals surface area contributed by atoms with E-state index in [4.69, 9.17) is 7.89 Å². The summed E-state index contributed by atoms with van der Waals surface area (Å²) in [7, 11) is 0. The summed E-state index contributed by atoms with van der Waals surface area (Å²) in [4.78, 5) is 0. The molecule has 1 aliphatic rings. The molecule has 1 rings (SSSR count). The Labute approximate surface area is 39.4 Å². The lowest BCUT2D eigenvalue weighted by Crippen LogP contribution is -2.16. The fourth-order valence-electron chi connectivity index (χ4n) is 0.350. The SMILES string of the molecule is [2H]N1C=CCC1([2H])O. The third kappa shape index (κ3) is 0.518. The third-order valence-electron chi connectivity index (χ3n) is 0.629. The van der Waals surface area contributed by atoms with Crippen molar-refractivity contribution in [3.05, 3.63) is 12.3 Å². The predicted molar refractivity (Wildman–Crippen MR) is 22.9 cm³/mol. The van der Waals surface area contributed by atoms with Gasteiger partial charge in [-0.2, -0.15) is 0 Å². The van der Waals surface area contributed by atoms with Crippen LogP contribution in [0.2, 0.25) is 1.41 Å². The van der Waals surface area contributed by atoms with E-state index in [2.05, 4.69) is 0 Å². The fraction of sp³-hybridized carbons (Fsp3) is 0.500. The van der Waals surface area contributed by atoms with Crippen molar-refractivity contribution in [2.75, 3.05) is 0 Å². The Morgan fingerprint density at radius 2 is 3.17 bits per heavy atom. The van der Waals surface area contributed by atoms with Crippen molar-refractivity contribution in [1.29, 1.82) is 0 Å². The van der Waals surface area contributed by atoms with Crippen LogP contribution in [-0.4, -0.2) is 11.3 Å². The minimum Gasteiger partial charge on any atom is -0.374 e. The molecule has 2 heteroatoms. The minimum absolute atomic E-state index is 0.219. The molecule has 2 N–H and O–H groups in total. The first-order valence-corrected chi connectivity index (χ1v) is 1.80. The number of rotatable bonds is 0. The first kappa shape index (κ1) is 1.98. The largest absolute Gasteiger partial charge is 0.374 e. The number of hydrogen-bond acceptors (Lipinski definition) is 2. The second-order valence-corrected chi connectivity index (χ2v) is 1.13. The Hall–Kier alpha value is -0.500. The molecule has 0 saturated heterocycles. The molecule has 0 amide bonds. The Bertz CT molecular complexity index is 123. The van der Waals surface area contributed by atoms with Crippen LogP contribution in [0.3, 0.4) is 0 Å². The highest BCUT2D eigenvalue weighted by molar-refractivity contribution is 4.89. The molecule has 0 bridgehead atoms. The zero-order valence-corrected chi connectivity index (χ0v) is 3.26. The van der Waals surface area contributed by atoms with E-state index in [1.165, 1.54) is 6.20 Å². The van der Waals surface area contributed by atoms with Gasteiger partial charge in [0.25, 0.3) is 0 Å². The topological polar surface area (TPSA) is 32.3 Å². The van der Waals surface area contributed by atoms with Crippen LogP contribution in [0.4, 0.5) is 0 Å². The van der Waals surface area contributed by atoms with Gasteiger partial charge in [-0.25, -0.2) is 0 Å². The number of aliphatic hydroxyl groups is 1. The zero-order valence-electron chi connectivity index (χ0n) is 5.26. The number of nitrogens with one attached hydrogen (secondary N) is 1. The third-order valence-corrected chi connectivity index (χ3v) is 0.629. The van der Waals surface area contributed by atoms with Crippen molar-refractivity contribution < 1.29 is 7.89 Å². The lowest BCUT2D eigenvalue weighted by atomic mass is 10.4. The summed E-state index contributed by atoms with van der Waals surface area (Å²) < 4.78 is 13.8. The van der Waals surface area contributed by atoms with E-state index in [9.17, 15) is 0 Å². The molecule has 1 aliphatic heterocycles. The second-order valence-electron chi connectivity index (χ2n) is 1.13. The highest BCUT2D eigenvalue weighted by atomic mass is 16.3. The van der Waals surface area contributed by atoms with Crippen molar-refractivity contribution in [1.82, 2.24) is 5.31 Å². The van der Waals surface area contributed by atoms with Crippen LogP contribution in [0.25, 0.3) is 0 Å². The molecule has 2 nitrogen and oxygen atoms in total. The summed E-state index contributed by atoms with van der Waals surface area (Å²) in [6.07, 6.45) is 1.46. The molecular formula is C4H7NO. The monoisotopic (exact) mass is 87.1 g/mol. The highest BCUT2D eigenvalue weighted by Gasteiger charge is 1.99. The van der Waals surface area contributed by atoms with Crippen LogP contribution in [0, 0.1) is 0 Å². The van der Waals surface area contributed by atoms with Gasteiger partial charge < -0.3 is 10.4 Å². The van der Waals surface area contributed by atoms with E-state index in [0.29, 0.717) is 5.31 Å². The maximum Gasteiger partial charge on any atom is 0.162 e. The molecule has 6 heavy (non-hydrogen) atoms. The molecule has 1 atom stereocenters. The smallest absolute Gasteiger partial charge is 0.162 e. The summed E-state index contributed by atoms with van der Waals surface area (Å²) in [5.41, 5.74) is 0. The standard InChI is InChI=1S/C4H7NO/c6-4-2-1-3-5-4/h1,3-6H,2H2/i4D/hD. The van der Waals surface area contributed by atoms with Crippen molar-refractivity contribution >= 4 is 0 Å². The first-order valence-electron chi connectivity index (χ1n) is 2.75. The molecule has 0 aromatic carbocycles. The Morgan fingerprint density at radius 3 is 3.33 bits per heavy atom. The fourth-order valence-corrected chi connectivity index (χ4v) is 0.350. The molecule has 0 fully saturated rings.